The van der Waals surface area contributed by atoms with E-state index >= 15 is 0 Å². The molecule has 1 saturated heterocycles. The molecule has 1 fully saturated rings. The van der Waals surface area contributed by atoms with E-state index in [1.54, 1.807) is 0 Å². The molecule has 3 heteroatoms. The van der Waals surface area contributed by atoms with E-state index in [0.717, 1.165) is 39.3 Å². The van der Waals surface area contributed by atoms with Gasteiger partial charge in [-0.2, -0.15) is 0 Å². The van der Waals surface area contributed by atoms with Crippen molar-refractivity contribution in [1.82, 2.24) is 15.1 Å². The summed E-state index contributed by atoms with van der Waals surface area (Å²) in [6.07, 6.45) is 2.01. The van der Waals surface area contributed by atoms with E-state index in [1.165, 1.54) is 0 Å². The summed E-state index contributed by atoms with van der Waals surface area (Å²) in [5, 5.41) is 3.42. The summed E-state index contributed by atoms with van der Waals surface area (Å²) in [5.41, 5.74) is 0.415. The molecule has 0 bridgehead atoms. The lowest BCUT2D eigenvalue weighted by molar-refractivity contribution is 0.0342. The summed E-state index contributed by atoms with van der Waals surface area (Å²) in [6.45, 7) is 22.0. The molecular formula is C15H31N3. The van der Waals surface area contributed by atoms with Gasteiger partial charge in [0.05, 0.1) is 0 Å². The van der Waals surface area contributed by atoms with Gasteiger partial charge in [-0.3, -0.25) is 9.80 Å². The number of hydrogen-bond donors (Lipinski definition) is 1. The molecule has 0 unspecified atom stereocenters. The number of hydrogen-bond acceptors (Lipinski definition) is 3. The predicted octanol–water partition coefficient (Wildman–Crippen LogP) is 1.96. The van der Waals surface area contributed by atoms with Crippen molar-refractivity contribution >= 4 is 0 Å². The van der Waals surface area contributed by atoms with Crippen LogP contribution >= 0.6 is 0 Å². The van der Waals surface area contributed by atoms with Crippen LogP contribution in [0.2, 0.25) is 0 Å². The van der Waals surface area contributed by atoms with Crippen molar-refractivity contribution in [3.05, 3.63) is 12.7 Å². The van der Waals surface area contributed by atoms with E-state index in [2.05, 4.69) is 56.3 Å². The van der Waals surface area contributed by atoms with E-state index in [-0.39, 0.29) is 11.1 Å². The van der Waals surface area contributed by atoms with Gasteiger partial charge in [-0.1, -0.05) is 6.08 Å². The van der Waals surface area contributed by atoms with Crippen molar-refractivity contribution in [3.63, 3.8) is 0 Å². The zero-order valence-electron chi connectivity index (χ0n) is 12.9. The first-order chi connectivity index (χ1) is 8.27. The minimum atomic E-state index is 0.194. The molecular weight excluding hydrogens is 222 g/mol. The topological polar surface area (TPSA) is 18.5 Å². The van der Waals surface area contributed by atoms with Crippen molar-refractivity contribution < 1.29 is 0 Å². The van der Waals surface area contributed by atoms with Crippen LogP contribution in [0.3, 0.4) is 0 Å². The third-order valence-corrected chi connectivity index (χ3v) is 3.85. The van der Waals surface area contributed by atoms with Gasteiger partial charge in [0.25, 0.3) is 0 Å². The monoisotopic (exact) mass is 253 g/mol. The van der Waals surface area contributed by atoms with Gasteiger partial charge in [-0.05, 0) is 34.6 Å². The molecule has 1 rings (SSSR count). The third-order valence-electron chi connectivity index (χ3n) is 3.85. The van der Waals surface area contributed by atoms with Crippen molar-refractivity contribution in [2.24, 2.45) is 0 Å². The molecule has 3 nitrogen and oxygen atoms in total. The molecule has 0 aromatic heterocycles. The summed E-state index contributed by atoms with van der Waals surface area (Å²) < 4.78 is 0. The van der Waals surface area contributed by atoms with Crippen LogP contribution in [0.1, 0.15) is 34.6 Å². The molecule has 18 heavy (non-hydrogen) atoms. The second-order valence-electron chi connectivity index (χ2n) is 6.89. The molecule has 0 radical (unpaired) electrons. The Balaban J connectivity index is 2.68. The zero-order chi connectivity index (χ0) is 13.8. The SMILES string of the molecule is C=CCN(CC(C)(C)N1CCNCC1)C(C)(C)C. The number of nitrogens with one attached hydrogen (secondary N) is 1. The van der Waals surface area contributed by atoms with Gasteiger partial charge in [0.2, 0.25) is 0 Å². The summed E-state index contributed by atoms with van der Waals surface area (Å²) in [7, 11) is 0. The smallest absolute Gasteiger partial charge is 0.0281 e. The predicted molar refractivity (Wildman–Crippen MR) is 80.0 cm³/mol. The average Bonchev–Trinajstić information content (AvgIpc) is 2.28. The van der Waals surface area contributed by atoms with Gasteiger partial charge >= 0.3 is 0 Å². The van der Waals surface area contributed by atoms with Gasteiger partial charge < -0.3 is 5.32 Å². The van der Waals surface area contributed by atoms with Gasteiger partial charge in [-0.25, -0.2) is 0 Å². The van der Waals surface area contributed by atoms with E-state index in [4.69, 9.17) is 0 Å². The lowest BCUT2D eigenvalue weighted by Gasteiger charge is -2.47. The molecule has 1 heterocycles. The Morgan fingerprint density at radius 1 is 1.17 bits per heavy atom. The van der Waals surface area contributed by atoms with Crippen molar-refractivity contribution in [2.75, 3.05) is 39.3 Å². The van der Waals surface area contributed by atoms with Crippen LogP contribution in [-0.2, 0) is 0 Å². The van der Waals surface area contributed by atoms with Gasteiger partial charge in [0, 0.05) is 50.3 Å². The van der Waals surface area contributed by atoms with E-state index in [9.17, 15) is 0 Å². The van der Waals surface area contributed by atoms with Crippen LogP contribution in [0.15, 0.2) is 12.7 Å². The molecule has 0 spiro atoms. The van der Waals surface area contributed by atoms with Crippen molar-refractivity contribution in [2.45, 2.75) is 45.7 Å². The Labute approximate surface area is 113 Å². The first-order valence-corrected chi connectivity index (χ1v) is 7.09. The molecule has 0 atom stereocenters. The van der Waals surface area contributed by atoms with Crippen LogP contribution in [-0.4, -0.2) is 60.1 Å². The maximum atomic E-state index is 3.89. The minimum absolute atomic E-state index is 0.194. The minimum Gasteiger partial charge on any atom is -0.314 e. The Morgan fingerprint density at radius 3 is 2.17 bits per heavy atom. The summed E-state index contributed by atoms with van der Waals surface area (Å²) in [4.78, 5) is 5.12. The van der Waals surface area contributed by atoms with Crippen LogP contribution in [0, 0.1) is 0 Å². The first kappa shape index (κ1) is 15.7. The van der Waals surface area contributed by atoms with Crippen molar-refractivity contribution in [3.8, 4) is 0 Å². The standard InChI is InChI=1S/C15H31N3/c1-7-10-18(14(2,3)4)13-15(5,6)17-11-8-16-9-12-17/h7,16H,1,8-13H2,2-6H3. The van der Waals surface area contributed by atoms with Gasteiger partial charge in [-0.15, -0.1) is 6.58 Å². The molecule has 0 aliphatic carbocycles. The van der Waals surface area contributed by atoms with Gasteiger partial charge in [0.15, 0.2) is 0 Å². The van der Waals surface area contributed by atoms with E-state index in [0.29, 0.717) is 0 Å². The van der Waals surface area contributed by atoms with Crippen molar-refractivity contribution in [1.29, 1.82) is 0 Å². The maximum Gasteiger partial charge on any atom is 0.0281 e. The second kappa shape index (κ2) is 6.18. The fourth-order valence-corrected chi connectivity index (χ4v) is 2.57. The molecule has 0 aromatic carbocycles. The molecule has 106 valence electrons. The quantitative estimate of drug-likeness (QED) is 0.756. The lowest BCUT2D eigenvalue weighted by Crippen LogP contribution is -2.59. The molecule has 0 aromatic rings. The van der Waals surface area contributed by atoms with Crippen LogP contribution < -0.4 is 5.32 Å². The largest absolute Gasteiger partial charge is 0.314 e. The Bertz CT molecular complexity index is 259. The number of nitrogens with zero attached hydrogens (tertiary/aromatic N) is 2. The maximum absolute atomic E-state index is 3.89. The summed E-state index contributed by atoms with van der Waals surface area (Å²) in [5.74, 6) is 0. The number of piperazine rings is 1. The Hall–Kier alpha value is -0.380. The molecule has 0 amide bonds. The van der Waals surface area contributed by atoms with Gasteiger partial charge in [0.1, 0.15) is 0 Å². The zero-order valence-corrected chi connectivity index (χ0v) is 12.9. The molecule has 1 aliphatic rings. The first-order valence-electron chi connectivity index (χ1n) is 7.09. The molecule has 0 saturated carbocycles. The highest BCUT2D eigenvalue weighted by Gasteiger charge is 2.32. The lowest BCUT2D eigenvalue weighted by atomic mass is 9.96. The van der Waals surface area contributed by atoms with Crippen LogP contribution in [0.5, 0.6) is 0 Å². The highest BCUT2D eigenvalue weighted by molar-refractivity contribution is 4.92. The highest BCUT2D eigenvalue weighted by Crippen LogP contribution is 2.22. The summed E-state index contributed by atoms with van der Waals surface area (Å²) in [6, 6.07) is 0. The number of rotatable bonds is 5. The van der Waals surface area contributed by atoms with E-state index in [1.807, 2.05) is 6.08 Å². The van der Waals surface area contributed by atoms with Crippen LogP contribution in [0.4, 0.5) is 0 Å². The van der Waals surface area contributed by atoms with E-state index < -0.39 is 0 Å². The fraction of sp³-hybridized carbons (Fsp3) is 0.867. The average molecular weight is 253 g/mol. The Kier molecular flexibility index (Phi) is 5.38. The highest BCUT2D eigenvalue weighted by atomic mass is 15.3. The molecule has 1 aliphatic heterocycles. The fourth-order valence-electron chi connectivity index (χ4n) is 2.57. The normalized spacial score (nSPS) is 19.2. The third kappa shape index (κ3) is 4.38. The van der Waals surface area contributed by atoms with Crippen LogP contribution in [0.25, 0.3) is 0 Å². The Morgan fingerprint density at radius 2 is 1.72 bits per heavy atom. The second-order valence-corrected chi connectivity index (χ2v) is 6.89. The molecule has 1 N–H and O–H groups in total. The summed E-state index contributed by atoms with van der Waals surface area (Å²) >= 11 is 0.